The van der Waals surface area contributed by atoms with E-state index in [2.05, 4.69) is 4.98 Å². The highest BCUT2D eigenvalue weighted by atomic mass is 32.1. The van der Waals surface area contributed by atoms with Gasteiger partial charge in [-0.15, -0.1) is 11.3 Å². The van der Waals surface area contributed by atoms with Crippen molar-refractivity contribution < 1.29 is 23.8 Å². The fraction of sp³-hybridized carbons (Fsp3) is 0.474. The fourth-order valence-electron chi connectivity index (χ4n) is 3.36. The molecule has 1 unspecified atom stereocenters. The number of hydrogen-bond acceptors (Lipinski definition) is 6. The molecule has 1 aromatic carbocycles. The van der Waals surface area contributed by atoms with Crippen LogP contribution in [0.4, 0.5) is 4.39 Å². The van der Waals surface area contributed by atoms with Crippen LogP contribution in [0.15, 0.2) is 24.3 Å². The Kier molecular flexibility index (Phi) is 5.90. The lowest BCUT2D eigenvalue weighted by molar-refractivity contribution is -0.234. The van der Waals surface area contributed by atoms with Crippen LogP contribution in [0.3, 0.4) is 0 Å². The quantitative estimate of drug-likeness (QED) is 0.790. The number of carbonyl (C=O) groups excluding carboxylic acids is 1. The number of piperidine rings is 1. The van der Waals surface area contributed by atoms with Crippen molar-refractivity contribution >= 4 is 17.2 Å². The number of amides is 1. The second-order valence-corrected chi connectivity index (χ2v) is 7.75. The molecule has 6 nitrogen and oxygen atoms in total. The van der Waals surface area contributed by atoms with Crippen molar-refractivity contribution in [3.63, 3.8) is 0 Å². The Morgan fingerprint density at radius 3 is 2.63 bits per heavy atom. The van der Waals surface area contributed by atoms with Crippen LogP contribution in [-0.2, 0) is 9.47 Å². The van der Waals surface area contributed by atoms with Gasteiger partial charge in [0, 0.05) is 20.6 Å². The van der Waals surface area contributed by atoms with Crippen LogP contribution in [0.25, 0.3) is 10.4 Å². The van der Waals surface area contributed by atoms with E-state index in [1.165, 1.54) is 23.5 Å². The van der Waals surface area contributed by atoms with E-state index >= 15 is 0 Å². The van der Waals surface area contributed by atoms with E-state index in [0.29, 0.717) is 23.4 Å². The lowest BCUT2D eigenvalue weighted by Crippen LogP contribution is -2.57. The number of ether oxygens (including phenoxy) is 2. The molecule has 2 aromatic rings. The van der Waals surface area contributed by atoms with E-state index in [1.807, 2.05) is 6.92 Å². The second kappa shape index (κ2) is 8.02. The molecule has 1 aliphatic heterocycles. The predicted octanol–water partition coefficient (Wildman–Crippen LogP) is 2.84. The number of rotatable bonds is 5. The molecule has 0 aliphatic carbocycles. The lowest BCUT2D eigenvalue weighted by atomic mass is 9.96. The molecule has 1 saturated heterocycles. The van der Waals surface area contributed by atoms with Crippen LogP contribution >= 0.6 is 11.3 Å². The number of likely N-dealkylation sites (tertiary alicyclic amines) is 1. The molecule has 1 N–H and O–H groups in total. The third-order valence-corrected chi connectivity index (χ3v) is 5.99. The third-order valence-electron chi connectivity index (χ3n) is 4.97. The van der Waals surface area contributed by atoms with Gasteiger partial charge in [0.05, 0.1) is 29.1 Å². The summed E-state index contributed by atoms with van der Waals surface area (Å²) in [6, 6.07) is 5.65. The number of thiazole rings is 1. The highest BCUT2D eigenvalue weighted by molar-refractivity contribution is 7.15. The molecule has 1 amide bonds. The van der Waals surface area contributed by atoms with Crippen molar-refractivity contribution in [2.24, 2.45) is 0 Å². The van der Waals surface area contributed by atoms with Gasteiger partial charge < -0.3 is 19.5 Å². The largest absolute Gasteiger partial charge is 0.394 e. The van der Waals surface area contributed by atoms with Crippen molar-refractivity contribution in [3.05, 3.63) is 40.8 Å². The van der Waals surface area contributed by atoms with Crippen molar-refractivity contribution in [3.8, 4) is 10.4 Å². The third kappa shape index (κ3) is 3.89. The van der Waals surface area contributed by atoms with Gasteiger partial charge in [-0.25, -0.2) is 9.37 Å². The number of aliphatic hydroxyl groups excluding tert-OH is 1. The minimum absolute atomic E-state index is 0.149. The maximum Gasteiger partial charge on any atom is 0.274 e. The predicted molar refractivity (Wildman–Crippen MR) is 100 cm³/mol. The summed E-state index contributed by atoms with van der Waals surface area (Å²) in [6.45, 7) is 1.87. The number of hydrogen-bond donors (Lipinski definition) is 1. The van der Waals surface area contributed by atoms with Crippen molar-refractivity contribution in [2.45, 2.75) is 31.6 Å². The molecule has 27 heavy (non-hydrogen) atoms. The molecule has 0 radical (unpaired) electrons. The molecule has 2 heterocycles. The number of aliphatic hydroxyl groups is 1. The van der Waals surface area contributed by atoms with Gasteiger partial charge >= 0.3 is 0 Å². The highest BCUT2D eigenvalue weighted by Gasteiger charge is 2.43. The zero-order valence-corrected chi connectivity index (χ0v) is 16.4. The second-order valence-electron chi connectivity index (χ2n) is 6.54. The van der Waals surface area contributed by atoms with Crippen LogP contribution in [0.1, 0.15) is 28.3 Å². The molecule has 1 aliphatic rings. The molecule has 1 atom stereocenters. The minimum Gasteiger partial charge on any atom is -0.394 e. The monoisotopic (exact) mass is 394 g/mol. The summed E-state index contributed by atoms with van der Waals surface area (Å²) in [7, 11) is 3.09. The maximum atomic E-state index is 13.3. The van der Waals surface area contributed by atoms with Crippen LogP contribution in [0.2, 0.25) is 0 Å². The molecule has 0 saturated carbocycles. The molecule has 1 aromatic heterocycles. The molecule has 0 spiro atoms. The smallest absolute Gasteiger partial charge is 0.274 e. The number of aromatic nitrogens is 1. The number of nitrogens with zero attached hydrogens (tertiary/aromatic N) is 2. The Balaban J connectivity index is 1.97. The first-order chi connectivity index (χ1) is 12.9. The van der Waals surface area contributed by atoms with E-state index < -0.39 is 5.79 Å². The molecular formula is C19H23FN2O4S. The Labute approximate surface area is 161 Å². The molecule has 146 valence electrons. The number of methoxy groups -OCH3 is 2. The van der Waals surface area contributed by atoms with Crippen LogP contribution in [0.5, 0.6) is 0 Å². The Morgan fingerprint density at radius 2 is 2.04 bits per heavy atom. The van der Waals surface area contributed by atoms with Gasteiger partial charge in [-0.2, -0.15) is 0 Å². The first-order valence-corrected chi connectivity index (χ1v) is 9.50. The van der Waals surface area contributed by atoms with E-state index in [9.17, 15) is 14.3 Å². The first-order valence-electron chi connectivity index (χ1n) is 8.68. The highest BCUT2D eigenvalue weighted by Crippen LogP contribution is 2.34. The summed E-state index contributed by atoms with van der Waals surface area (Å²) < 4.78 is 24.3. The van der Waals surface area contributed by atoms with Gasteiger partial charge in [0.15, 0.2) is 5.79 Å². The van der Waals surface area contributed by atoms with Gasteiger partial charge in [0.1, 0.15) is 11.5 Å². The Bertz CT molecular complexity index is 805. The van der Waals surface area contributed by atoms with Crippen molar-refractivity contribution in [2.75, 3.05) is 27.4 Å². The van der Waals surface area contributed by atoms with E-state index in [-0.39, 0.29) is 30.9 Å². The van der Waals surface area contributed by atoms with Gasteiger partial charge in [-0.3, -0.25) is 4.79 Å². The zero-order valence-electron chi connectivity index (χ0n) is 15.6. The number of aryl methyl sites for hydroxylation is 1. The Morgan fingerprint density at radius 1 is 1.37 bits per heavy atom. The SMILES string of the molecule is COC1(OC)CCC(CO)N(C(=O)c2nc(C)sc2-c2ccc(F)cc2)C1. The fourth-order valence-corrected chi connectivity index (χ4v) is 4.27. The summed E-state index contributed by atoms with van der Waals surface area (Å²) in [5.74, 6) is -1.53. The first kappa shape index (κ1) is 19.9. The van der Waals surface area contributed by atoms with Crippen LogP contribution in [0, 0.1) is 12.7 Å². The normalized spacial score (nSPS) is 19.3. The van der Waals surface area contributed by atoms with E-state index in [0.717, 1.165) is 10.6 Å². The molecule has 1 fully saturated rings. The summed E-state index contributed by atoms with van der Waals surface area (Å²) in [5.41, 5.74) is 1.03. The summed E-state index contributed by atoms with van der Waals surface area (Å²) in [4.78, 5) is 20.0. The summed E-state index contributed by atoms with van der Waals surface area (Å²) in [5, 5.41) is 10.5. The Hall–Kier alpha value is -1.87. The molecular weight excluding hydrogens is 371 g/mol. The lowest BCUT2D eigenvalue weighted by Gasteiger charge is -2.44. The number of carbonyl (C=O) groups is 1. The maximum absolute atomic E-state index is 13.3. The standard InChI is InChI=1S/C19H23FN2O4S/c1-12-21-16(17(27-12)13-4-6-14(20)7-5-13)18(24)22-11-19(25-2,26-3)9-8-15(22)10-23/h4-7,15,23H,8-11H2,1-3H3. The van der Waals surface area contributed by atoms with E-state index in [1.54, 1.807) is 31.3 Å². The molecule has 3 rings (SSSR count). The average molecular weight is 394 g/mol. The van der Waals surface area contributed by atoms with Crippen molar-refractivity contribution in [1.29, 1.82) is 0 Å². The van der Waals surface area contributed by atoms with Gasteiger partial charge in [0.2, 0.25) is 0 Å². The topological polar surface area (TPSA) is 71.9 Å². The van der Waals surface area contributed by atoms with Crippen LogP contribution < -0.4 is 0 Å². The van der Waals surface area contributed by atoms with Gasteiger partial charge in [-0.05, 0) is 31.0 Å². The van der Waals surface area contributed by atoms with Crippen molar-refractivity contribution in [1.82, 2.24) is 9.88 Å². The van der Waals surface area contributed by atoms with E-state index in [4.69, 9.17) is 9.47 Å². The summed E-state index contributed by atoms with van der Waals surface area (Å²) >= 11 is 1.38. The summed E-state index contributed by atoms with van der Waals surface area (Å²) in [6.07, 6.45) is 1.13. The minimum atomic E-state index is -0.900. The number of benzene rings is 1. The average Bonchev–Trinajstić information content (AvgIpc) is 3.09. The van der Waals surface area contributed by atoms with Crippen LogP contribution in [-0.4, -0.2) is 60.1 Å². The molecule has 0 bridgehead atoms. The zero-order chi connectivity index (χ0) is 19.6. The molecule has 8 heteroatoms. The number of halogens is 1. The van der Waals surface area contributed by atoms with Gasteiger partial charge in [0.25, 0.3) is 5.91 Å². The van der Waals surface area contributed by atoms with Gasteiger partial charge in [-0.1, -0.05) is 12.1 Å².